The molecule has 0 bridgehead atoms. The highest BCUT2D eigenvalue weighted by Gasteiger charge is 2.19. The minimum atomic E-state index is -3.48. The van der Waals surface area contributed by atoms with Crippen molar-refractivity contribution in [3.8, 4) is 0 Å². The lowest BCUT2D eigenvalue weighted by atomic mass is 10.0. The van der Waals surface area contributed by atoms with E-state index in [1.807, 2.05) is 0 Å². The normalized spacial score (nSPS) is 13.3. The summed E-state index contributed by atoms with van der Waals surface area (Å²) in [6, 6.07) is 1.44. The molecule has 1 aromatic rings. The Labute approximate surface area is 111 Å². The summed E-state index contributed by atoms with van der Waals surface area (Å²) in [4.78, 5) is 10.5. The number of rotatable bonds is 5. The van der Waals surface area contributed by atoms with Gasteiger partial charge in [0.1, 0.15) is 5.82 Å². The van der Waals surface area contributed by atoms with Gasteiger partial charge in [-0.3, -0.25) is 4.79 Å². The molecule has 0 aliphatic carbocycles. The SMILES string of the molecule is Cc1cc(F)c(C(N)CCC(=O)O)cc1S(C)(=O)=O. The van der Waals surface area contributed by atoms with Crippen molar-refractivity contribution in [2.24, 2.45) is 5.73 Å². The lowest BCUT2D eigenvalue weighted by Gasteiger charge is -2.14. The molecule has 0 fully saturated rings. The van der Waals surface area contributed by atoms with E-state index in [1.165, 1.54) is 13.0 Å². The quantitative estimate of drug-likeness (QED) is 0.798. The molecule has 0 spiro atoms. The van der Waals surface area contributed by atoms with Crippen LogP contribution >= 0.6 is 0 Å². The molecular weight excluding hydrogens is 273 g/mol. The van der Waals surface area contributed by atoms with E-state index < -0.39 is 27.7 Å². The Bertz CT molecular complexity index is 598. The summed E-state index contributed by atoms with van der Waals surface area (Å²) in [5.74, 6) is -1.66. The minimum absolute atomic E-state index is 0.00896. The van der Waals surface area contributed by atoms with Crippen LogP contribution in [0.1, 0.15) is 30.0 Å². The molecule has 0 saturated carbocycles. The third-order valence-corrected chi connectivity index (χ3v) is 4.00. The van der Waals surface area contributed by atoms with Gasteiger partial charge in [-0.15, -0.1) is 0 Å². The summed E-state index contributed by atoms with van der Waals surface area (Å²) in [5.41, 5.74) is 6.03. The van der Waals surface area contributed by atoms with Gasteiger partial charge in [0.15, 0.2) is 9.84 Å². The van der Waals surface area contributed by atoms with E-state index in [4.69, 9.17) is 10.8 Å². The topological polar surface area (TPSA) is 97.5 Å². The number of aliphatic carboxylic acids is 1. The Morgan fingerprint density at radius 1 is 1.47 bits per heavy atom. The average molecular weight is 289 g/mol. The first-order valence-electron chi connectivity index (χ1n) is 5.60. The molecule has 1 unspecified atom stereocenters. The van der Waals surface area contributed by atoms with Gasteiger partial charge in [0, 0.05) is 24.3 Å². The summed E-state index contributed by atoms with van der Waals surface area (Å²) in [7, 11) is -3.48. The molecule has 3 N–H and O–H groups in total. The van der Waals surface area contributed by atoms with Gasteiger partial charge < -0.3 is 10.8 Å². The fourth-order valence-electron chi connectivity index (χ4n) is 1.79. The zero-order valence-electron chi connectivity index (χ0n) is 10.7. The van der Waals surface area contributed by atoms with Crippen LogP contribution in [-0.2, 0) is 14.6 Å². The van der Waals surface area contributed by atoms with Gasteiger partial charge in [-0.05, 0) is 31.0 Å². The summed E-state index contributed by atoms with van der Waals surface area (Å²) < 4.78 is 36.9. The number of carboxylic acids is 1. The van der Waals surface area contributed by atoms with Crippen molar-refractivity contribution in [3.05, 3.63) is 29.1 Å². The number of hydrogen-bond donors (Lipinski definition) is 2. The number of halogens is 1. The van der Waals surface area contributed by atoms with Crippen molar-refractivity contribution < 1.29 is 22.7 Å². The average Bonchev–Trinajstić information content (AvgIpc) is 2.24. The molecule has 0 radical (unpaired) electrons. The molecule has 7 heteroatoms. The molecule has 0 aromatic heterocycles. The summed E-state index contributed by atoms with van der Waals surface area (Å²) in [5, 5.41) is 8.56. The summed E-state index contributed by atoms with van der Waals surface area (Å²) in [6.45, 7) is 1.49. The van der Waals surface area contributed by atoms with Crippen molar-refractivity contribution in [1.29, 1.82) is 0 Å². The maximum atomic E-state index is 13.8. The van der Waals surface area contributed by atoms with E-state index in [0.29, 0.717) is 5.56 Å². The van der Waals surface area contributed by atoms with Crippen molar-refractivity contribution in [2.45, 2.75) is 30.7 Å². The van der Waals surface area contributed by atoms with Crippen LogP contribution in [0, 0.1) is 12.7 Å². The van der Waals surface area contributed by atoms with Crippen LogP contribution in [0.4, 0.5) is 4.39 Å². The number of nitrogens with two attached hydrogens (primary N) is 1. The van der Waals surface area contributed by atoms with E-state index in [1.54, 1.807) is 0 Å². The monoisotopic (exact) mass is 289 g/mol. The lowest BCUT2D eigenvalue weighted by molar-refractivity contribution is -0.137. The van der Waals surface area contributed by atoms with E-state index in [-0.39, 0.29) is 23.3 Å². The highest BCUT2D eigenvalue weighted by atomic mass is 32.2. The van der Waals surface area contributed by atoms with Crippen molar-refractivity contribution >= 4 is 15.8 Å². The van der Waals surface area contributed by atoms with Crippen LogP contribution < -0.4 is 5.73 Å². The Morgan fingerprint density at radius 2 is 2.05 bits per heavy atom. The first-order valence-corrected chi connectivity index (χ1v) is 7.49. The van der Waals surface area contributed by atoms with Gasteiger partial charge in [0.05, 0.1) is 4.90 Å². The maximum absolute atomic E-state index is 13.8. The van der Waals surface area contributed by atoms with Crippen LogP contribution in [-0.4, -0.2) is 25.7 Å². The molecule has 1 aromatic carbocycles. The molecule has 0 heterocycles. The number of carbonyl (C=O) groups is 1. The highest BCUT2D eigenvalue weighted by Crippen LogP contribution is 2.25. The first-order chi connectivity index (χ1) is 8.62. The van der Waals surface area contributed by atoms with E-state index in [9.17, 15) is 17.6 Å². The molecule has 1 atom stereocenters. The zero-order valence-corrected chi connectivity index (χ0v) is 11.5. The molecule has 0 saturated heterocycles. The van der Waals surface area contributed by atoms with E-state index in [2.05, 4.69) is 0 Å². The number of aryl methyl sites for hydroxylation is 1. The van der Waals surface area contributed by atoms with Crippen LogP contribution in [0.2, 0.25) is 0 Å². The molecule has 106 valence electrons. The molecule has 0 aliphatic heterocycles. The highest BCUT2D eigenvalue weighted by molar-refractivity contribution is 7.90. The Kier molecular flexibility index (Phi) is 4.65. The van der Waals surface area contributed by atoms with Gasteiger partial charge >= 0.3 is 5.97 Å². The maximum Gasteiger partial charge on any atom is 0.303 e. The second-order valence-electron chi connectivity index (χ2n) is 4.45. The smallest absolute Gasteiger partial charge is 0.303 e. The van der Waals surface area contributed by atoms with Crippen LogP contribution in [0.15, 0.2) is 17.0 Å². The van der Waals surface area contributed by atoms with Gasteiger partial charge in [-0.25, -0.2) is 12.8 Å². The number of hydrogen-bond acceptors (Lipinski definition) is 4. The molecule has 0 aliphatic rings. The van der Waals surface area contributed by atoms with Gasteiger partial charge in [0.2, 0.25) is 0 Å². The van der Waals surface area contributed by atoms with Gasteiger partial charge in [0.25, 0.3) is 0 Å². The second-order valence-corrected chi connectivity index (χ2v) is 6.43. The molecular formula is C12H16FNO4S. The standard InChI is InChI=1S/C12H16FNO4S/c1-7-5-9(13)8(6-11(7)19(2,17)18)10(14)3-4-12(15)16/h5-6,10H,3-4,14H2,1-2H3,(H,15,16). The van der Waals surface area contributed by atoms with Crippen molar-refractivity contribution in [3.63, 3.8) is 0 Å². The lowest BCUT2D eigenvalue weighted by Crippen LogP contribution is -2.15. The van der Waals surface area contributed by atoms with E-state index in [0.717, 1.165) is 12.3 Å². The number of sulfone groups is 1. The molecule has 5 nitrogen and oxygen atoms in total. The molecule has 1 rings (SSSR count). The Morgan fingerprint density at radius 3 is 2.53 bits per heavy atom. The molecule has 0 amide bonds. The minimum Gasteiger partial charge on any atom is -0.481 e. The fourth-order valence-corrected chi connectivity index (χ4v) is 2.77. The van der Waals surface area contributed by atoms with Crippen LogP contribution in [0.5, 0.6) is 0 Å². The van der Waals surface area contributed by atoms with E-state index >= 15 is 0 Å². The largest absolute Gasteiger partial charge is 0.481 e. The predicted octanol–water partition coefficient (Wildman–Crippen LogP) is 1.40. The predicted molar refractivity (Wildman–Crippen MR) is 68.0 cm³/mol. The Balaban J connectivity index is 3.18. The third-order valence-electron chi connectivity index (χ3n) is 2.76. The Hall–Kier alpha value is -1.47. The molecule has 19 heavy (non-hydrogen) atoms. The number of benzene rings is 1. The van der Waals surface area contributed by atoms with Crippen molar-refractivity contribution in [1.82, 2.24) is 0 Å². The summed E-state index contributed by atoms with van der Waals surface area (Å²) >= 11 is 0. The van der Waals surface area contributed by atoms with Crippen molar-refractivity contribution in [2.75, 3.05) is 6.26 Å². The second kappa shape index (κ2) is 5.66. The summed E-state index contributed by atoms with van der Waals surface area (Å²) in [6.07, 6.45) is 0.862. The fraction of sp³-hybridized carbons (Fsp3) is 0.417. The van der Waals surface area contributed by atoms with Crippen LogP contribution in [0.25, 0.3) is 0 Å². The first kappa shape index (κ1) is 15.6. The van der Waals surface area contributed by atoms with Gasteiger partial charge in [-0.1, -0.05) is 0 Å². The van der Waals surface area contributed by atoms with Gasteiger partial charge in [-0.2, -0.15) is 0 Å². The third kappa shape index (κ3) is 4.00. The number of carboxylic acid groups (broad SMARTS) is 1. The zero-order chi connectivity index (χ0) is 14.8. The van der Waals surface area contributed by atoms with Crippen LogP contribution in [0.3, 0.4) is 0 Å².